The van der Waals surface area contributed by atoms with Crippen molar-refractivity contribution in [1.29, 1.82) is 0 Å². The Kier molecular flexibility index (Phi) is 3.36. The van der Waals surface area contributed by atoms with Crippen molar-refractivity contribution in [2.45, 2.75) is 18.8 Å². The molecule has 0 amide bonds. The Hall–Kier alpha value is -2.00. The maximum atomic E-state index is 9.84. The van der Waals surface area contributed by atoms with Crippen LogP contribution in [-0.4, -0.2) is 18.5 Å². The number of rotatable bonds is 4. The molecule has 0 saturated heterocycles. The van der Waals surface area contributed by atoms with Crippen LogP contribution in [0.3, 0.4) is 0 Å². The van der Waals surface area contributed by atoms with Gasteiger partial charge in [-0.15, -0.1) is 0 Å². The summed E-state index contributed by atoms with van der Waals surface area (Å²) in [6.45, 7) is 2.47. The number of benzene rings is 2. The molecule has 2 aromatic carbocycles. The summed E-state index contributed by atoms with van der Waals surface area (Å²) in [6, 6.07) is 16.1. The second-order valence-corrected chi connectivity index (χ2v) is 5.45. The zero-order chi connectivity index (χ0) is 14.0. The van der Waals surface area contributed by atoms with Gasteiger partial charge in [0.05, 0.1) is 6.61 Å². The lowest BCUT2D eigenvalue weighted by atomic mass is 9.78. The minimum absolute atomic E-state index is 0.103. The third-order valence-corrected chi connectivity index (χ3v) is 3.85. The van der Waals surface area contributed by atoms with E-state index in [0.717, 1.165) is 29.0 Å². The Morgan fingerprint density at radius 3 is 2.55 bits per heavy atom. The van der Waals surface area contributed by atoms with E-state index in [0.29, 0.717) is 0 Å². The largest absolute Gasteiger partial charge is 0.454 e. The fraction of sp³-hybridized carbons (Fsp3) is 0.294. The van der Waals surface area contributed by atoms with E-state index in [1.165, 1.54) is 0 Å². The zero-order valence-corrected chi connectivity index (χ0v) is 11.5. The first-order chi connectivity index (χ1) is 9.71. The number of aliphatic hydroxyl groups is 1. The molecule has 3 rings (SSSR count). The minimum atomic E-state index is -0.297. The van der Waals surface area contributed by atoms with Gasteiger partial charge >= 0.3 is 0 Å². The first-order valence-corrected chi connectivity index (χ1v) is 6.76. The van der Waals surface area contributed by atoms with Gasteiger partial charge in [0, 0.05) is 5.41 Å². The maximum Gasteiger partial charge on any atom is 0.231 e. The van der Waals surface area contributed by atoms with Crippen molar-refractivity contribution in [2.24, 2.45) is 0 Å². The standard InChI is InChI=1S/C17H18O3/c1-17(11-18,14-5-3-2-4-6-14)10-13-7-8-15-16(9-13)20-12-19-15/h2-9,18H,10-12H2,1H3. The normalized spacial score (nSPS) is 15.9. The zero-order valence-electron chi connectivity index (χ0n) is 11.5. The summed E-state index contributed by atoms with van der Waals surface area (Å²) in [5.41, 5.74) is 1.98. The Balaban J connectivity index is 1.88. The van der Waals surface area contributed by atoms with Gasteiger partial charge in [0.25, 0.3) is 0 Å². The molecule has 1 N–H and O–H groups in total. The molecular weight excluding hydrogens is 252 g/mol. The van der Waals surface area contributed by atoms with Crippen LogP contribution in [0.5, 0.6) is 11.5 Å². The highest BCUT2D eigenvalue weighted by Gasteiger charge is 2.27. The lowest BCUT2D eigenvalue weighted by Gasteiger charge is -2.28. The molecule has 0 aromatic heterocycles. The molecule has 0 saturated carbocycles. The molecule has 2 aromatic rings. The molecule has 20 heavy (non-hydrogen) atoms. The molecule has 104 valence electrons. The predicted molar refractivity (Wildman–Crippen MR) is 77.1 cm³/mol. The van der Waals surface area contributed by atoms with Crippen LogP contribution < -0.4 is 9.47 Å². The van der Waals surface area contributed by atoms with E-state index in [1.54, 1.807) is 0 Å². The number of fused-ring (bicyclic) bond motifs is 1. The van der Waals surface area contributed by atoms with Gasteiger partial charge in [0.2, 0.25) is 6.79 Å². The molecule has 3 heteroatoms. The highest BCUT2D eigenvalue weighted by Crippen LogP contribution is 2.35. The van der Waals surface area contributed by atoms with Crippen LogP contribution in [0.25, 0.3) is 0 Å². The van der Waals surface area contributed by atoms with Gasteiger partial charge in [-0.25, -0.2) is 0 Å². The van der Waals surface area contributed by atoms with Gasteiger partial charge in [0.15, 0.2) is 11.5 Å². The highest BCUT2D eigenvalue weighted by atomic mass is 16.7. The van der Waals surface area contributed by atoms with Gasteiger partial charge in [-0.2, -0.15) is 0 Å². The van der Waals surface area contributed by atoms with E-state index in [-0.39, 0.29) is 18.8 Å². The van der Waals surface area contributed by atoms with E-state index in [9.17, 15) is 5.11 Å². The van der Waals surface area contributed by atoms with Crippen LogP contribution in [0.4, 0.5) is 0 Å². The van der Waals surface area contributed by atoms with Crippen molar-refractivity contribution in [2.75, 3.05) is 13.4 Å². The number of hydrogen-bond donors (Lipinski definition) is 1. The Morgan fingerprint density at radius 2 is 1.80 bits per heavy atom. The maximum absolute atomic E-state index is 9.84. The van der Waals surface area contributed by atoms with E-state index in [1.807, 2.05) is 36.4 Å². The molecule has 3 nitrogen and oxygen atoms in total. The molecule has 1 unspecified atom stereocenters. The minimum Gasteiger partial charge on any atom is -0.454 e. The van der Waals surface area contributed by atoms with Crippen molar-refractivity contribution < 1.29 is 14.6 Å². The summed E-state index contributed by atoms with van der Waals surface area (Å²) >= 11 is 0. The van der Waals surface area contributed by atoms with Crippen molar-refractivity contribution in [3.8, 4) is 11.5 Å². The monoisotopic (exact) mass is 270 g/mol. The van der Waals surface area contributed by atoms with Crippen LogP contribution in [0.15, 0.2) is 48.5 Å². The summed E-state index contributed by atoms with van der Waals surface area (Å²) < 4.78 is 10.7. The van der Waals surface area contributed by atoms with E-state index >= 15 is 0 Å². The first-order valence-electron chi connectivity index (χ1n) is 6.76. The number of hydrogen-bond acceptors (Lipinski definition) is 3. The molecule has 1 aliphatic rings. The SMILES string of the molecule is CC(CO)(Cc1ccc2c(c1)OCO2)c1ccccc1. The fourth-order valence-electron chi connectivity index (χ4n) is 2.59. The second-order valence-electron chi connectivity index (χ2n) is 5.45. The first kappa shape index (κ1) is 13.0. The number of aliphatic hydroxyl groups excluding tert-OH is 1. The highest BCUT2D eigenvalue weighted by molar-refractivity contribution is 5.45. The summed E-state index contributed by atoms with van der Waals surface area (Å²) in [4.78, 5) is 0. The molecule has 0 radical (unpaired) electrons. The molecule has 1 atom stereocenters. The molecular formula is C17H18O3. The molecule has 0 fully saturated rings. The van der Waals surface area contributed by atoms with Crippen LogP contribution in [0.1, 0.15) is 18.1 Å². The fourth-order valence-corrected chi connectivity index (χ4v) is 2.59. The van der Waals surface area contributed by atoms with Gasteiger partial charge in [-0.1, -0.05) is 43.3 Å². The van der Waals surface area contributed by atoms with Crippen LogP contribution >= 0.6 is 0 Å². The smallest absolute Gasteiger partial charge is 0.231 e. The summed E-state index contributed by atoms with van der Waals surface area (Å²) in [6.07, 6.45) is 0.754. The van der Waals surface area contributed by atoms with Crippen molar-refractivity contribution in [3.63, 3.8) is 0 Å². The predicted octanol–water partition coefficient (Wildman–Crippen LogP) is 2.91. The van der Waals surface area contributed by atoms with Crippen molar-refractivity contribution >= 4 is 0 Å². The van der Waals surface area contributed by atoms with Gasteiger partial charge < -0.3 is 14.6 Å². The van der Waals surface area contributed by atoms with Crippen molar-refractivity contribution in [1.82, 2.24) is 0 Å². The van der Waals surface area contributed by atoms with Crippen LogP contribution in [0.2, 0.25) is 0 Å². The number of ether oxygens (including phenoxy) is 2. The van der Waals surface area contributed by atoms with E-state index in [4.69, 9.17) is 9.47 Å². The summed E-state index contributed by atoms with van der Waals surface area (Å²) in [5, 5.41) is 9.84. The molecule has 0 bridgehead atoms. The Labute approximate surface area is 118 Å². The van der Waals surface area contributed by atoms with Gasteiger partial charge in [-0.05, 0) is 29.7 Å². The Bertz CT molecular complexity index is 594. The second kappa shape index (κ2) is 5.17. The lowest BCUT2D eigenvalue weighted by molar-refractivity contribution is 0.174. The lowest BCUT2D eigenvalue weighted by Crippen LogP contribution is -2.29. The van der Waals surface area contributed by atoms with Crippen LogP contribution in [-0.2, 0) is 11.8 Å². The average Bonchev–Trinajstić information content (AvgIpc) is 2.95. The summed E-state index contributed by atoms with van der Waals surface area (Å²) in [7, 11) is 0. The van der Waals surface area contributed by atoms with E-state index < -0.39 is 0 Å². The van der Waals surface area contributed by atoms with Crippen molar-refractivity contribution in [3.05, 3.63) is 59.7 Å². The molecule has 0 aliphatic carbocycles. The third-order valence-electron chi connectivity index (χ3n) is 3.85. The Morgan fingerprint density at radius 1 is 1.05 bits per heavy atom. The molecule has 0 spiro atoms. The average molecular weight is 270 g/mol. The third kappa shape index (κ3) is 2.37. The van der Waals surface area contributed by atoms with Crippen LogP contribution in [0, 0.1) is 0 Å². The van der Waals surface area contributed by atoms with E-state index in [2.05, 4.69) is 19.1 Å². The van der Waals surface area contributed by atoms with Gasteiger partial charge in [0.1, 0.15) is 0 Å². The molecule has 1 aliphatic heterocycles. The summed E-state index contributed by atoms with van der Waals surface area (Å²) in [5.74, 6) is 1.58. The molecule has 1 heterocycles. The van der Waals surface area contributed by atoms with Gasteiger partial charge in [-0.3, -0.25) is 0 Å². The quantitative estimate of drug-likeness (QED) is 0.928. The topological polar surface area (TPSA) is 38.7 Å².